The van der Waals surface area contributed by atoms with E-state index in [2.05, 4.69) is 44.4 Å². The molecule has 2 saturated heterocycles. The molecule has 1 saturated carbocycles. The van der Waals surface area contributed by atoms with Gasteiger partial charge < -0.3 is 14.9 Å². The highest BCUT2D eigenvalue weighted by atomic mass is 16.5. The Balaban J connectivity index is 1.66. The number of hydrogen-bond donors (Lipinski definition) is 2. The number of aliphatic carboxylic acids is 2. The number of carbonyl (C=O) groups is 2. The van der Waals surface area contributed by atoms with Crippen LogP contribution in [0.2, 0.25) is 0 Å². The van der Waals surface area contributed by atoms with Gasteiger partial charge in [0.1, 0.15) is 6.04 Å². The van der Waals surface area contributed by atoms with Crippen LogP contribution < -0.4 is 0 Å². The van der Waals surface area contributed by atoms with Gasteiger partial charge in [0.2, 0.25) is 0 Å². The molecule has 3 fully saturated rings. The second-order valence-electron chi connectivity index (χ2n) is 10.3. The van der Waals surface area contributed by atoms with Crippen molar-refractivity contribution in [3.8, 4) is 0 Å². The van der Waals surface area contributed by atoms with Crippen LogP contribution >= 0.6 is 0 Å². The van der Waals surface area contributed by atoms with Gasteiger partial charge in [-0.2, -0.15) is 0 Å². The predicted molar refractivity (Wildman–Crippen MR) is 101 cm³/mol. The Labute approximate surface area is 161 Å². The lowest BCUT2D eigenvalue weighted by Crippen LogP contribution is -2.55. The summed E-state index contributed by atoms with van der Waals surface area (Å²) in [6.45, 7) is 13.0. The molecule has 7 heteroatoms. The summed E-state index contributed by atoms with van der Waals surface area (Å²) < 4.78 is 5.36. The fourth-order valence-corrected chi connectivity index (χ4v) is 5.18. The molecule has 2 heterocycles. The zero-order chi connectivity index (χ0) is 20.2. The molecule has 27 heavy (non-hydrogen) atoms. The van der Waals surface area contributed by atoms with Crippen molar-refractivity contribution in [2.45, 2.75) is 77.1 Å². The average Bonchev–Trinajstić information content (AvgIpc) is 3.01. The Hall–Kier alpha value is -1.18. The first kappa shape index (κ1) is 20.6. The SMILES string of the molecule is CC(C)(C)N1CC2(CC1C(=O)O)CC2CC(C)(C)N1CCOC(C(=O)O)C1. The highest BCUT2D eigenvalue weighted by molar-refractivity contribution is 5.74. The van der Waals surface area contributed by atoms with Gasteiger partial charge in [-0.1, -0.05) is 0 Å². The molecule has 2 N–H and O–H groups in total. The van der Waals surface area contributed by atoms with Gasteiger partial charge in [-0.05, 0) is 65.2 Å². The average molecular weight is 383 g/mol. The molecule has 3 rings (SSSR count). The molecule has 0 amide bonds. The molecular formula is C20H34N2O5. The summed E-state index contributed by atoms with van der Waals surface area (Å²) in [7, 11) is 0. The first-order chi connectivity index (χ1) is 12.4. The summed E-state index contributed by atoms with van der Waals surface area (Å²) in [5.41, 5.74) is -0.181. The van der Waals surface area contributed by atoms with Gasteiger partial charge in [0, 0.05) is 30.7 Å². The highest BCUT2D eigenvalue weighted by Crippen LogP contribution is 2.63. The van der Waals surface area contributed by atoms with E-state index in [0.29, 0.717) is 19.1 Å². The molecule has 0 aromatic rings. The molecule has 1 spiro atoms. The van der Waals surface area contributed by atoms with Gasteiger partial charge in [0.05, 0.1) is 6.61 Å². The topological polar surface area (TPSA) is 90.3 Å². The van der Waals surface area contributed by atoms with E-state index in [1.54, 1.807) is 0 Å². The summed E-state index contributed by atoms with van der Waals surface area (Å²) in [5, 5.41) is 18.9. The van der Waals surface area contributed by atoms with Crippen LogP contribution in [-0.4, -0.2) is 81.4 Å². The molecule has 4 atom stereocenters. The number of hydrogen-bond acceptors (Lipinski definition) is 5. The lowest BCUT2D eigenvalue weighted by atomic mass is 9.89. The van der Waals surface area contributed by atoms with Crippen LogP contribution in [0.5, 0.6) is 0 Å². The molecule has 0 aromatic carbocycles. The zero-order valence-electron chi connectivity index (χ0n) is 17.2. The van der Waals surface area contributed by atoms with Gasteiger partial charge in [0.25, 0.3) is 0 Å². The van der Waals surface area contributed by atoms with E-state index < -0.39 is 24.1 Å². The van der Waals surface area contributed by atoms with Crippen LogP contribution in [0.3, 0.4) is 0 Å². The summed E-state index contributed by atoms with van der Waals surface area (Å²) in [5.74, 6) is -1.13. The Morgan fingerprint density at radius 3 is 2.30 bits per heavy atom. The van der Waals surface area contributed by atoms with Crippen molar-refractivity contribution in [2.24, 2.45) is 11.3 Å². The van der Waals surface area contributed by atoms with E-state index in [9.17, 15) is 19.8 Å². The highest BCUT2D eigenvalue weighted by Gasteiger charge is 2.63. The van der Waals surface area contributed by atoms with Crippen LogP contribution in [0.1, 0.15) is 53.9 Å². The molecule has 4 unspecified atom stereocenters. The largest absolute Gasteiger partial charge is 0.480 e. The molecule has 0 radical (unpaired) electrons. The van der Waals surface area contributed by atoms with Crippen LogP contribution in [0.15, 0.2) is 0 Å². The van der Waals surface area contributed by atoms with Gasteiger partial charge in [-0.3, -0.25) is 14.6 Å². The van der Waals surface area contributed by atoms with Crippen molar-refractivity contribution in [3.05, 3.63) is 0 Å². The maximum absolute atomic E-state index is 11.8. The Morgan fingerprint density at radius 2 is 1.78 bits per heavy atom. The summed E-state index contributed by atoms with van der Waals surface area (Å²) in [6.07, 6.45) is 2.00. The number of carboxylic acids is 2. The Bertz CT molecular complexity index is 614. The quantitative estimate of drug-likeness (QED) is 0.750. The molecule has 2 aliphatic heterocycles. The maximum atomic E-state index is 11.8. The summed E-state index contributed by atoms with van der Waals surface area (Å²) in [6, 6.07) is -0.405. The third-order valence-corrected chi connectivity index (χ3v) is 6.91. The van der Waals surface area contributed by atoms with Gasteiger partial charge in [-0.15, -0.1) is 0 Å². The predicted octanol–water partition coefficient (Wildman–Crippen LogP) is 1.90. The number of ether oxygens (including phenoxy) is 1. The van der Waals surface area contributed by atoms with Gasteiger partial charge in [0.15, 0.2) is 6.10 Å². The summed E-state index contributed by atoms with van der Waals surface area (Å²) in [4.78, 5) is 27.5. The Morgan fingerprint density at radius 1 is 1.11 bits per heavy atom. The van der Waals surface area contributed by atoms with Crippen molar-refractivity contribution in [3.63, 3.8) is 0 Å². The lowest BCUT2D eigenvalue weighted by Gasteiger charge is -2.43. The molecule has 0 aromatic heterocycles. The first-order valence-electron chi connectivity index (χ1n) is 9.95. The third kappa shape index (κ3) is 4.00. The standard InChI is InChI=1S/C20H34N2O5/c1-18(2,3)22-12-20(10-14(22)16(23)24)9-13(20)8-19(4,5)21-6-7-27-15(11-21)17(25)26/h13-15H,6-12H2,1-5H3,(H,23,24)(H,25,26). The first-order valence-corrected chi connectivity index (χ1v) is 9.95. The molecule has 154 valence electrons. The number of carboxylic acid groups (broad SMARTS) is 2. The second kappa shape index (κ2) is 6.71. The second-order valence-corrected chi connectivity index (χ2v) is 10.3. The number of morpholine rings is 1. The van der Waals surface area contributed by atoms with Crippen LogP contribution in [0.25, 0.3) is 0 Å². The number of nitrogens with zero attached hydrogens (tertiary/aromatic N) is 2. The van der Waals surface area contributed by atoms with E-state index in [4.69, 9.17) is 4.74 Å². The zero-order valence-corrected chi connectivity index (χ0v) is 17.2. The molecular weight excluding hydrogens is 348 g/mol. The van der Waals surface area contributed by atoms with E-state index in [-0.39, 0.29) is 16.5 Å². The van der Waals surface area contributed by atoms with Crippen LogP contribution in [0.4, 0.5) is 0 Å². The van der Waals surface area contributed by atoms with Gasteiger partial charge in [-0.25, -0.2) is 4.79 Å². The molecule has 7 nitrogen and oxygen atoms in total. The van der Waals surface area contributed by atoms with Crippen LogP contribution in [-0.2, 0) is 14.3 Å². The summed E-state index contributed by atoms with van der Waals surface area (Å²) >= 11 is 0. The fourth-order valence-electron chi connectivity index (χ4n) is 5.18. The smallest absolute Gasteiger partial charge is 0.334 e. The van der Waals surface area contributed by atoms with E-state index in [1.807, 2.05) is 0 Å². The van der Waals surface area contributed by atoms with Gasteiger partial charge >= 0.3 is 11.9 Å². The number of likely N-dealkylation sites (tertiary alicyclic amines) is 1. The normalized spacial score (nSPS) is 35.5. The molecule has 0 bridgehead atoms. The van der Waals surface area contributed by atoms with Crippen molar-refractivity contribution in [2.75, 3.05) is 26.2 Å². The minimum absolute atomic E-state index is 0.103. The molecule has 1 aliphatic carbocycles. The van der Waals surface area contributed by atoms with Crippen molar-refractivity contribution in [1.29, 1.82) is 0 Å². The van der Waals surface area contributed by atoms with E-state index in [1.165, 1.54) is 0 Å². The van der Waals surface area contributed by atoms with Crippen LogP contribution in [0, 0.1) is 11.3 Å². The molecule has 3 aliphatic rings. The van der Waals surface area contributed by atoms with E-state index >= 15 is 0 Å². The third-order valence-electron chi connectivity index (χ3n) is 6.91. The fraction of sp³-hybridized carbons (Fsp3) is 0.900. The minimum Gasteiger partial charge on any atom is -0.480 e. The number of rotatable bonds is 5. The Kier molecular flexibility index (Phi) is 5.11. The lowest BCUT2D eigenvalue weighted by molar-refractivity contribution is -0.159. The van der Waals surface area contributed by atoms with Crippen molar-refractivity contribution < 1.29 is 24.5 Å². The maximum Gasteiger partial charge on any atom is 0.334 e. The van der Waals surface area contributed by atoms with Crippen molar-refractivity contribution in [1.82, 2.24) is 9.80 Å². The monoisotopic (exact) mass is 382 g/mol. The van der Waals surface area contributed by atoms with E-state index in [0.717, 1.165) is 32.4 Å². The van der Waals surface area contributed by atoms with Crippen molar-refractivity contribution >= 4 is 11.9 Å². The minimum atomic E-state index is -0.903.